The first kappa shape index (κ1) is 14.6. The van der Waals surface area contributed by atoms with Gasteiger partial charge in [0.05, 0.1) is 4.47 Å². The Bertz CT molecular complexity index is 572. The zero-order valence-electron chi connectivity index (χ0n) is 10.3. The fourth-order valence-electron chi connectivity index (χ4n) is 1.59. The average molecular weight is 347 g/mol. The van der Waals surface area contributed by atoms with Crippen molar-refractivity contribution < 1.29 is 8.78 Å². The Morgan fingerprint density at radius 1 is 1.37 bits per heavy atom. The number of rotatable bonds is 5. The quantitative estimate of drug-likeness (QED) is 0.643. The van der Waals surface area contributed by atoms with Crippen LogP contribution in [0.4, 0.5) is 8.78 Å². The molecular formula is C13H13BrF2N2S. The van der Waals surface area contributed by atoms with E-state index in [1.807, 2.05) is 0 Å². The molecule has 2 rings (SSSR count). The second-order valence-corrected chi connectivity index (χ2v) is 5.94. The number of nitrogens with one attached hydrogen (secondary N) is 1. The Kier molecular flexibility index (Phi) is 5.01. The number of hydrogen-bond donors (Lipinski definition) is 1. The van der Waals surface area contributed by atoms with Gasteiger partial charge < -0.3 is 5.32 Å². The summed E-state index contributed by atoms with van der Waals surface area (Å²) in [6.07, 6.45) is 2.83. The molecule has 1 heterocycles. The van der Waals surface area contributed by atoms with Gasteiger partial charge in [0.2, 0.25) is 0 Å². The molecule has 1 aromatic carbocycles. The Labute approximate surface area is 123 Å². The Morgan fingerprint density at radius 3 is 2.89 bits per heavy atom. The van der Waals surface area contributed by atoms with Crippen molar-refractivity contribution in [3.8, 4) is 10.6 Å². The highest BCUT2D eigenvalue weighted by Crippen LogP contribution is 2.34. The Balaban J connectivity index is 2.21. The van der Waals surface area contributed by atoms with Crippen molar-refractivity contribution >= 4 is 27.3 Å². The van der Waals surface area contributed by atoms with E-state index in [4.69, 9.17) is 0 Å². The number of aromatic nitrogens is 1. The van der Waals surface area contributed by atoms with Crippen LogP contribution in [0, 0.1) is 11.6 Å². The summed E-state index contributed by atoms with van der Waals surface area (Å²) in [4.78, 5) is 5.33. The largest absolute Gasteiger partial charge is 0.312 e. The van der Waals surface area contributed by atoms with Crippen LogP contribution in [0.15, 0.2) is 22.8 Å². The molecule has 0 aliphatic rings. The Morgan fingerprint density at radius 2 is 2.16 bits per heavy atom. The van der Waals surface area contributed by atoms with E-state index in [0.717, 1.165) is 30.5 Å². The van der Waals surface area contributed by atoms with Crippen LogP contribution in [0.2, 0.25) is 0 Å². The lowest BCUT2D eigenvalue weighted by molar-refractivity contribution is 0.505. The molecule has 102 valence electrons. The van der Waals surface area contributed by atoms with E-state index in [-0.39, 0.29) is 4.47 Å². The zero-order chi connectivity index (χ0) is 13.8. The van der Waals surface area contributed by atoms with E-state index in [2.05, 4.69) is 33.2 Å². The number of hydrogen-bond acceptors (Lipinski definition) is 3. The summed E-state index contributed by atoms with van der Waals surface area (Å²) in [6, 6.07) is 2.65. The fourth-order valence-corrected chi connectivity index (χ4v) is 3.15. The van der Waals surface area contributed by atoms with Crippen molar-refractivity contribution in [2.24, 2.45) is 0 Å². The monoisotopic (exact) mass is 346 g/mol. The normalized spacial score (nSPS) is 10.9. The van der Waals surface area contributed by atoms with Gasteiger partial charge in [-0.3, -0.25) is 0 Å². The highest BCUT2D eigenvalue weighted by molar-refractivity contribution is 9.10. The predicted molar refractivity (Wildman–Crippen MR) is 77.2 cm³/mol. The summed E-state index contributed by atoms with van der Waals surface area (Å²) in [5, 5.41) is 3.96. The molecule has 19 heavy (non-hydrogen) atoms. The zero-order valence-corrected chi connectivity index (χ0v) is 12.7. The second kappa shape index (κ2) is 6.54. The lowest BCUT2D eigenvalue weighted by Crippen LogP contribution is -2.12. The summed E-state index contributed by atoms with van der Waals surface area (Å²) < 4.78 is 26.6. The molecular weight excluding hydrogens is 334 g/mol. The molecule has 0 atom stereocenters. The smallest absolute Gasteiger partial charge is 0.173 e. The van der Waals surface area contributed by atoms with E-state index in [1.165, 1.54) is 17.4 Å². The highest BCUT2D eigenvalue weighted by atomic mass is 79.9. The number of halogens is 3. The van der Waals surface area contributed by atoms with Crippen LogP contribution in [-0.4, -0.2) is 11.5 Å². The van der Waals surface area contributed by atoms with Gasteiger partial charge in [0, 0.05) is 23.2 Å². The summed E-state index contributed by atoms with van der Waals surface area (Å²) in [7, 11) is 0. The average Bonchev–Trinajstić information content (AvgIpc) is 2.85. The van der Waals surface area contributed by atoms with Crippen molar-refractivity contribution in [2.45, 2.75) is 19.9 Å². The maximum Gasteiger partial charge on any atom is 0.173 e. The maximum atomic E-state index is 13.5. The number of nitrogens with zero attached hydrogens (tertiary/aromatic N) is 1. The van der Waals surface area contributed by atoms with Crippen LogP contribution in [0.5, 0.6) is 0 Å². The van der Waals surface area contributed by atoms with Crippen LogP contribution in [-0.2, 0) is 6.54 Å². The molecule has 6 heteroatoms. The van der Waals surface area contributed by atoms with Crippen LogP contribution < -0.4 is 5.32 Å². The van der Waals surface area contributed by atoms with Gasteiger partial charge >= 0.3 is 0 Å². The maximum absolute atomic E-state index is 13.5. The van der Waals surface area contributed by atoms with Gasteiger partial charge in [-0.15, -0.1) is 11.3 Å². The molecule has 0 fully saturated rings. The fraction of sp³-hybridized carbons (Fsp3) is 0.308. The lowest BCUT2D eigenvalue weighted by Gasteiger charge is -2.02. The molecule has 0 saturated heterocycles. The third-order valence-corrected chi connectivity index (χ3v) is 4.35. The topological polar surface area (TPSA) is 24.9 Å². The number of thiazole rings is 1. The first-order valence-electron chi connectivity index (χ1n) is 5.92. The van der Waals surface area contributed by atoms with Gasteiger partial charge in [-0.2, -0.15) is 0 Å². The lowest BCUT2D eigenvalue weighted by atomic mass is 10.2. The van der Waals surface area contributed by atoms with Crippen LogP contribution in [0.25, 0.3) is 10.6 Å². The minimum Gasteiger partial charge on any atom is -0.312 e. The van der Waals surface area contributed by atoms with Crippen molar-refractivity contribution in [2.75, 3.05) is 6.54 Å². The molecule has 0 aliphatic carbocycles. The molecule has 0 amide bonds. The van der Waals surface area contributed by atoms with Gasteiger partial charge in [-0.05, 0) is 41.0 Å². The SMILES string of the molecule is CCCNCc1cnc(-c2ccc(F)c(F)c2Br)s1. The molecule has 1 N–H and O–H groups in total. The summed E-state index contributed by atoms with van der Waals surface area (Å²) in [6.45, 7) is 3.79. The summed E-state index contributed by atoms with van der Waals surface area (Å²) in [5.74, 6) is -1.74. The van der Waals surface area contributed by atoms with E-state index in [1.54, 1.807) is 6.20 Å². The van der Waals surface area contributed by atoms with Crippen molar-refractivity contribution in [3.05, 3.63) is 39.3 Å². The molecule has 2 nitrogen and oxygen atoms in total. The second-order valence-electron chi connectivity index (χ2n) is 4.03. The molecule has 2 aromatic rings. The van der Waals surface area contributed by atoms with Crippen LogP contribution >= 0.6 is 27.3 Å². The minimum absolute atomic E-state index is 0.120. The third kappa shape index (κ3) is 3.38. The van der Waals surface area contributed by atoms with Crippen LogP contribution in [0.3, 0.4) is 0 Å². The predicted octanol–water partition coefficient (Wildman–Crippen LogP) is 4.35. The van der Waals surface area contributed by atoms with Crippen molar-refractivity contribution in [1.82, 2.24) is 10.3 Å². The van der Waals surface area contributed by atoms with Gasteiger partial charge in [0.15, 0.2) is 11.6 Å². The number of benzene rings is 1. The van der Waals surface area contributed by atoms with Gasteiger partial charge in [-0.1, -0.05) is 6.92 Å². The van der Waals surface area contributed by atoms with Crippen molar-refractivity contribution in [1.29, 1.82) is 0 Å². The summed E-state index contributed by atoms with van der Waals surface area (Å²) >= 11 is 4.55. The molecule has 1 aromatic heterocycles. The summed E-state index contributed by atoms with van der Waals surface area (Å²) in [5.41, 5.74) is 0.575. The molecule has 0 aliphatic heterocycles. The molecule has 0 saturated carbocycles. The van der Waals surface area contributed by atoms with Gasteiger partial charge in [0.25, 0.3) is 0 Å². The van der Waals surface area contributed by atoms with Crippen molar-refractivity contribution in [3.63, 3.8) is 0 Å². The van der Waals surface area contributed by atoms with E-state index in [9.17, 15) is 8.78 Å². The third-order valence-electron chi connectivity index (χ3n) is 2.55. The van der Waals surface area contributed by atoms with E-state index in [0.29, 0.717) is 10.6 Å². The van der Waals surface area contributed by atoms with Crippen LogP contribution in [0.1, 0.15) is 18.2 Å². The Hall–Kier alpha value is -0.850. The molecule has 0 bridgehead atoms. The first-order valence-corrected chi connectivity index (χ1v) is 7.53. The molecule has 0 spiro atoms. The van der Waals surface area contributed by atoms with Gasteiger partial charge in [0.1, 0.15) is 5.01 Å². The molecule has 0 radical (unpaired) electrons. The highest BCUT2D eigenvalue weighted by Gasteiger charge is 2.14. The van der Waals surface area contributed by atoms with E-state index >= 15 is 0 Å². The first-order chi connectivity index (χ1) is 9.13. The minimum atomic E-state index is -0.877. The van der Waals surface area contributed by atoms with Gasteiger partial charge in [-0.25, -0.2) is 13.8 Å². The molecule has 0 unspecified atom stereocenters. The van der Waals surface area contributed by atoms with E-state index < -0.39 is 11.6 Å². The standard InChI is InChI=1S/C13H13BrF2N2S/c1-2-5-17-6-8-7-18-13(19-8)9-3-4-10(15)12(16)11(9)14/h3-4,7,17H,2,5-6H2,1H3.